The third-order valence-corrected chi connectivity index (χ3v) is 12.9. The normalized spacial score (nSPS) is 9.19. The predicted octanol–water partition coefficient (Wildman–Crippen LogP) is 0.223. The van der Waals surface area contributed by atoms with Crippen molar-refractivity contribution >= 4 is 56.6 Å². The third kappa shape index (κ3) is 43.2. The molecule has 0 atom stereocenters. The Bertz CT molecular complexity index is 3830. The number of methoxy groups -OCH3 is 7. The van der Waals surface area contributed by atoms with Crippen molar-refractivity contribution in [3.63, 3.8) is 0 Å². The average molecular weight is 1650 g/mol. The number of pyridine rings is 1. The first-order valence-corrected chi connectivity index (χ1v) is 31.5. The monoisotopic (exact) mass is 1650 g/mol. The van der Waals surface area contributed by atoms with Crippen molar-refractivity contribution in [2.24, 2.45) is 0 Å². The van der Waals surface area contributed by atoms with E-state index in [1.807, 2.05) is 18.2 Å². The number of alkyl halides is 6. The molecule has 34 heteroatoms. The average Bonchev–Trinajstić information content (AvgIpc) is 0.787. The topological polar surface area (TPSA) is 293 Å². The Balaban J connectivity index is -0.000000189. The summed E-state index contributed by atoms with van der Waals surface area (Å²) in [6, 6.07) is 29.0. The van der Waals surface area contributed by atoms with E-state index in [0.717, 1.165) is 29.6 Å². The fourth-order valence-corrected chi connectivity index (χ4v) is 7.72. The summed E-state index contributed by atoms with van der Waals surface area (Å²) in [4.78, 5) is 30.6. The Kier molecular flexibility index (Phi) is 65.8. The number of aromatic nitrogens is 3. The zero-order chi connectivity index (χ0) is 76.1. The number of aliphatic hydroxyl groups excluding tert-OH is 2. The maximum absolute atomic E-state index is 13.3. The van der Waals surface area contributed by atoms with Gasteiger partial charge < -0.3 is 85.0 Å². The second-order valence-corrected chi connectivity index (χ2v) is 20.4. The molecule has 23 nitrogen and oxygen atoms in total. The number of aromatic hydroxyl groups is 1. The minimum absolute atomic E-state index is 0. The van der Waals surface area contributed by atoms with Crippen LogP contribution in [0.15, 0.2) is 125 Å². The number of nitrogens with zero attached hydrogens (tertiary/aromatic N) is 3. The molecule has 0 saturated heterocycles. The van der Waals surface area contributed by atoms with E-state index < -0.39 is 39.6 Å². The number of terminal acetylenes is 5. The van der Waals surface area contributed by atoms with Gasteiger partial charge in [-0.1, -0.05) is 79.7 Å². The van der Waals surface area contributed by atoms with E-state index in [2.05, 4.69) is 76.3 Å². The number of sulfone groups is 1. The van der Waals surface area contributed by atoms with Crippen LogP contribution in [0.5, 0.6) is 69.0 Å². The molecule has 2 heterocycles. The molecule has 103 heavy (non-hydrogen) atoms. The summed E-state index contributed by atoms with van der Waals surface area (Å²) in [5.74, 6) is 18.3. The van der Waals surface area contributed by atoms with Gasteiger partial charge in [0.05, 0.1) is 82.5 Å². The van der Waals surface area contributed by atoms with Crippen LogP contribution in [0.3, 0.4) is 0 Å². The molecule has 7 rings (SSSR count). The van der Waals surface area contributed by atoms with Crippen molar-refractivity contribution in [3.8, 4) is 142 Å². The molecule has 3 radical (unpaired) electrons. The van der Waals surface area contributed by atoms with Gasteiger partial charge in [-0.15, -0.1) is 32.1 Å². The fourth-order valence-electron chi connectivity index (χ4n) is 6.84. The van der Waals surface area contributed by atoms with E-state index in [4.69, 9.17) is 106 Å². The number of ether oxygens (including phenoxy) is 11. The molecule has 541 valence electrons. The van der Waals surface area contributed by atoms with Gasteiger partial charge in [0.2, 0.25) is 15.0 Å². The smallest absolute Gasteiger partial charge is 1.00 e. The Morgan fingerprint density at radius 1 is 0.612 bits per heavy atom. The molecule has 7 aromatic rings. The van der Waals surface area contributed by atoms with Gasteiger partial charge in [0, 0.05) is 57.1 Å². The van der Waals surface area contributed by atoms with Crippen molar-refractivity contribution in [3.05, 3.63) is 148 Å². The second kappa shape index (κ2) is 64.2. The Hall–Kier alpha value is -6.15. The first kappa shape index (κ1) is 105. The fraction of sp³-hybridized carbons (Fsp3) is 0.275. The van der Waals surface area contributed by atoms with Crippen LogP contribution in [-0.2, 0) is 44.2 Å². The van der Waals surface area contributed by atoms with Gasteiger partial charge in [0.15, 0.2) is 57.5 Å². The van der Waals surface area contributed by atoms with Gasteiger partial charge in [-0.25, -0.2) is 18.4 Å². The zero-order valence-electron chi connectivity index (χ0n) is 61.7. The first-order valence-electron chi connectivity index (χ1n) is 28.0. The molecule has 0 amide bonds. The molecular formula is C69H76BBr2F4K2N3NaO20S. The number of phenols is 1. The van der Waals surface area contributed by atoms with Crippen LogP contribution in [0.1, 0.15) is 26.6 Å². The van der Waals surface area contributed by atoms with E-state index in [1.54, 1.807) is 102 Å². The molecule has 0 saturated carbocycles. The van der Waals surface area contributed by atoms with Crippen molar-refractivity contribution < 1.29 is 245 Å². The minimum atomic E-state index is -4.90. The number of halogens is 6. The molecule has 0 bridgehead atoms. The molecule has 0 spiro atoms. The van der Waals surface area contributed by atoms with Crippen molar-refractivity contribution in [2.45, 2.75) is 29.8 Å². The number of carbonyl (C=O) groups is 1. The van der Waals surface area contributed by atoms with E-state index in [9.17, 15) is 35.9 Å². The number of rotatable bonds is 22. The maximum Gasteiger partial charge on any atom is 1.00 e. The van der Waals surface area contributed by atoms with Gasteiger partial charge in [0.1, 0.15) is 43.6 Å². The number of aliphatic hydroxyl groups is 2. The van der Waals surface area contributed by atoms with Crippen LogP contribution in [0, 0.1) is 61.7 Å². The number of phenolic OH excluding ortho intramolecular Hbond substituents is 1. The minimum Gasteiger partial charge on any atom is -1.00 e. The summed E-state index contributed by atoms with van der Waals surface area (Å²) in [6.45, 7) is 0.458. The van der Waals surface area contributed by atoms with E-state index >= 15 is 0 Å². The van der Waals surface area contributed by atoms with Gasteiger partial charge in [-0.2, -0.15) is 13.2 Å². The van der Waals surface area contributed by atoms with Gasteiger partial charge in [-0.3, -0.25) is 14.0 Å². The summed E-state index contributed by atoms with van der Waals surface area (Å²) < 4.78 is 137. The molecule has 0 aliphatic heterocycles. The summed E-state index contributed by atoms with van der Waals surface area (Å²) in [6.07, 6.45) is 22.3. The molecule has 0 aliphatic carbocycles. The Morgan fingerprint density at radius 3 is 1.33 bits per heavy atom. The summed E-state index contributed by atoms with van der Waals surface area (Å²) in [5, 5.41) is 34.0. The third-order valence-electron chi connectivity index (χ3n) is 11.1. The number of carbonyl (C=O) groups excluding carboxylic acids is 1. The molecular weight excluding hydrogens is 1570 g/mol. The van der Waals surface area contributed by atoms with E-state index in [1.165, 1.54) is 37.1 Å². The quantitative estimate of drug-likeness (QED) is 0.0120. The summed E-state index contributed by atoms with van der Waals surface area (Å²) in [5.41, 5.74) is 0.428. The Labute approximate surface area is 728 Å². The summed E-state index contributed by atoms with van der Waals surface area (Å²) >= 11 is 6.38. The van der Waals surface area contributed by atoms with Crippen molar-refractivity contribution in [1.82, 2.24) is 14.5 Å². The van der Waals surface area contributed by atoms with Crippen LogP contribution < -0.4 is 195 Å². The van der Waals surface area contributed by atoms with E-state index in [0.29, 0.717) is 86.5 Å². The van der Waals surface area contributed by atoms with Gasteiger partial charge in [-0.05, 0) is 89.5 Å². The molecule has 2 aromatic heterocycles. The SMILES string of the molecule is C#CCBr.C#CCOc1cc(CBr)ccc1OC.C#CCOc1cc(CO)ccc1OC.C#CCOc1cc(Cn2cc(-c3cc(C(F)(F)F)nc(S(C)(=O)=O)n3)ccc2=O)ccc1OC.C#CCOc1cc(OC)ccc1OC.CO.COc1ccc(OC)c(O)c1.O=CO[O-].[2H]CF.[B].[H-].[H-].[K+].[K+].[Na+]. The van der Waals surface area contributed by atoms with Crippen molar-refractivity contribution in [2.75, 3.05) is 102 Å². The number of hydrogen-bond acceptors (Lipinski definition) is 22. The van der Waals surface area contributed by atoms with Crippen LogP contribution in [0.25, 0.3) is 11.3 Å². The first-order chi connectivity index (χ1) is 47.9. The number of hydrogen-bond donors (Lipinski definition) is 3. The Morgan fingerprint density at radius 2 is 0.981 bits per heavy atom. The van der Waals surface area contributed by atoms with Gasteiger partial charge in [0.25, 0.3) is 12.0 Å². The number of benzene rings is 5. The zero-order valence-corrected chi connectivity index (χ0v) is 70.9. The molecule has 0 fully saturated rings. The van der Waals surface area contributed by atoms with Crippen LogP contribution >= 0.6 is 31.9 Å². The molecule has 0 aliphatic rings. The van der Waals surface area contributed by atoms with E-state index in [-0.39, 0.29) is 207 Å². The van der Waals surface area contributed by atoms with Crippen LogP contribution in [0.2, 0.25) is 0 Å². The van der Waals surface area contributed by atoms with Crippen LogP contribution in [-0.4, -0.2) is 155 Å². The molecule has 3 N–H and O–H groups in total. The second-order valence-electron chi connectivity index (χ2n) is 17.4. The van der Waals surface area contributed by atoms with Crippen molar-refractivity contribution in [1.29, 1.82) is 0 Å². The predicted molar refractivity (Wildman–Crippen MR) is 377 cm³/mol. The summed E-state index contributed by atoms with van der Waals surface area (Å²) in [7, 11) is 6.68. The molecule has 5 aromatic carbocycles. The standard InChI is InChI=1S/C22H18F3N3O5S.C11H11BrO2.2C11H12O3.C8H10O3.C3H3Br.CH3F.CH2O3.CH4O.B.2K.Na.2H/c1-4-9-33-18-10-14(5-7-17(18)32-2)12-28-13-15(6-8-20(28)29)16-11-19(22(23,24)25)27-21(26-16)34(3,30)31;1-3-6-14-11-7-9(8-12)4-5-10(11)13-2;1-4-7-14-11-8-9(12-2)5-6-10(11)13-3;1-3-6-14-11-7-9(8-12)4-5-10(11)13-2;1-10-6-3-4-8(11-2)7(9)5-6;1-2-3-4;1-2;2-1-4-3;1-2;;;;;;/h1,5-8,10-11,13H,9,12H2,2-3H3;1,4-5,7H,6,8H2,2H3;1,5-6,8H,7H2,2-3H3;1,4-5,7,12H,6,8H2,2H3;3-5,9H,1-2H3;1H,3H2;1H3;1,3H;2H,1H3;;;;;;/q;;;;;;;;;;3*+1;2*-1/p-1/i;;;;;;1D;;;;;;;;. The largest absolute Gasteiger partial charge is 1.00 e. The molecule has 0 unspecified atom stereocenters. The van der Waals surface area contributed by atoms with Gasteiger partial charge >= 0.3 is 139 Å². The maximum atomic E-state index is 13.3. The van der Waals surface area contributed by atoms with Crippen LogP contribution in [0.4, 0.5) is 17.6 Å².